The molecule has 0 unspecified atom stereocenters. The summed E-state index contributed by atoms with van der Waals surface area (Å²) in [5, 5.41) is 3.52. The number of guanidine groups is 1. The van der Waals surface area contributed by atoms with Crippen LogP contribution in [0, 0.1) is 0 Å². The lowest BCUT2D eigenvalue weighted by Gasteiger charge is -2.39. The number of piperazine rings is 1. The van der Waals surface area contributed by atoms with Gasteiger partial charge in [-0.15, -0.1) is 24.0 Å². The maximum atomic E-state index is 12.6. The molecule has 3 fully saturated rings. The van der Waals surface area contributed by atoms with Gasteiger partial charge in [0, 0.05) is 86.0 Å². The summed E-state index contributed by atoms with van der Waals surface area (Å²) in [5.41, 5.74) is -0.171. The van der Waals surface area contributed by atoms with Gasteiger partial charge >= 0.3 is 0 Å². The molecule has 0 spiro atoms. The summed E-state index contributed by atoms with van der Waals surface area (Å²) >= 11 is 0. The number of nitrogens with one attached hydrogen (secondary N) is 1. The zero-order valence-electron chi connectivity index (χ0n) is 18.7. The van der Waals surface area contributed by atoms with Crippen molar-refractivity contribution in [3.63, 3.8) is 0 Å². The van der Waals surface area contributed by atoms with Crippen LogP contribution in [-0.2, 0) is 14.3 Å². The van der Waals surface area contributed by atoms with Gasteiger partial charge < -0.3 is 24.6 Å². The van der Waals surface area contributed by atoms with E-state index in [-0.39, 0.29) is 29.6 Å². The number of likely N-dealkylation sites (tertiary alicyclic amines) is 1. The average Bonchev–Trinajstić information content (AvgIpc) is 3.06. The molecule has 1 N–H and O–H groups in total. The van der Waals surface area contributed by atoms with Gasteiger partial charge in [0.2, 0.25) is 5.91 Å². The van der Waals surface area contributed by atoms with Crippen LogP contribution in [0.25, 0.3) is 0 Å². The molecule has 0 saturated carbocycles. The van der Waals surface area contributed by atoms with Gasteiger partial charge in [-0.05, 0) is 12.8 Å². The Morgan fingerprint density at radius 3 is 2.20 bits per heavy atom. The van der Waals surface area contributed by atoms with E-state index in [0.717, 1.165) is 90.7 Å². The van der Waals surface area contributed by atoms with Gasteiger partial charge in [0.1, 0.15) is 0 Å². The minimum absolute atomic E-state index is 0. The van der Waals surface area contributed by atoms with Gasteiger partial charge in [-0.2, -0.15) is 0 Å². The van der Waals surface area contributed by atoms with E-state index in [1.54, 1.807) is 7.11 Å². The monoisotopic (exact) mass is 537 g/mol. The van der Waals surface area contributed by atoms with Crippen LogP contribution in [0.3, 0.4) is 0 Å². The first kappa shape index (κ1) is 25.6. The van der Waals surface area contributed by atoms with E-state index in [1.165, 1.54) is 12.8 Å². The van der Waals surface area contributed by atoms with Crippen LogP contribution in [0.15, 0.2) is 4.99 Å². The zero-order valence-corrected chi connectivity index (χ0v) is 21.1. The van der Waals surface area contributed by atoms with Crippen LogP contribution in [0.5, 0.6) is 0 Å². The minimum Gasteiger partial charge on any atom is -0.381 e. The van der Waals surface area contributed by atoms with E-state index in [4.69, 9.17) is 9.47 Å². The molecule has 174 valence electrons. The topological polar surface area (TPSA) is 69.6 Å². The van der Waals surface area contributed by atoms with Crippen molar-refractivity contribution in [3.8, 4) is 0 Å². The second kappa shape index (κ2) is 13.0. The number of halogens is 1. The van der Waals surface area contributed by atoms with Crippen molar-refractivity contribution in [2.24, 2.45) is 4.99 Å². The first-order valence-electron chi connectivity index (χ1n) is 11.2. The Balaban J connectivity index is 0.00000320. The third kappa shape index (κ3) is 7.20. The molecule has 3 aliphatic rings. The van der Waals surface area contributed by atoms with Crippen molar-refractivity contribution in [2.75, 3.05) is 79.7 Å². The first-order valence-corrected chi connectivity index (χ1v) is 11.2. The number of amides is 1. The van der Waals surface area contributed by atoms with Crippen molar-refractivity contribution in [3.05, 3.63) is 0 Å². The number of nitrogens with zero attached hydrogens (tertiary/aromatic N) is 4. The normalized spacial score (nSPS) is 23.5. The zero-order chi connectivity index (χ0) is 20.5. The fourth-order valence-electron chi connectivity index (χ4n) is 4.50. The van der Waals surface area contributed by atoms with Crippen LogP contribution in [-0.4, -0.2) is 112 Å². The van der Waals surface area contributed by atoms with Crippen molar-refractivity contribution >= 4 is 35.8 Å². The molecule has 0 aromatic rings. The summed E-state index contributed by atoms with van der Waals surface area (Å²) in [6.45, 7) is 8.21. The fraction of sp³-hybridized carbons (Fsp3) is 0.905. The Labute approximate surface area is 198 Å². The summed E-state index contributed by atoms with van der Waals surface area (Å²) in [5.74, 6) is 1.22. The molecule has 3 aliphatic heterocycles. The average molecular weight is 537 g/mol. The summed E-state index contributed by atoms with van der Waals surface area (Å²) < 4.78 is 11.3. The fourth-order valence-corrected chi connectivity index (χ4v) is 4.50. The highest BCUT2D eigenvalue weighted by atomic mass is 127. The smallest absolute Gasteiger partial charge is 0.236 e. The molecular formula is C21H40IN5O3. The maximum Gasteiger partial charge on any atom is 0.236 e. The lowest BCUT2D eigenvalue weighted by Crippen LogP contribution is -2.56. The summed E-state index contributed by atoms with van der Waals surface area (Å²) in [6, 6.07) is 0. The minimum atomic E-state index is -0.171. The number of carbonyl (C=O) groups excluding carboxylic acids is 1. The summed E-state index contributed by atoms with van der Waals surface area (Å²) in [4.78, 5) is 23.8. The van der Waals surface area contributed by atoms with Crippen LogP contribution in [0.1, 0.15) is 38.5 Å². The summed E-state index contributed by atoms with van der Waals surface area (Å²) in [6.07, 6.45) is 6.62. The predicted molar refractivity (Wildman–Crippen MR) is 130 cm³/mol. The molecule has 0 aliphatic carbocycles. The molecule has 30 heavy (non-hydrogen) atoms. The number of hydrogen-bond donors (Lipinski definition) is 1. The lowest BCUT2D eigenvalue weighted by atomic mass is 9.94. The van der Waals surface area contributed by atoms with Crippen LogP contribution in [0.2, 0.25) is 0 Å². The molecule has 9 heteroatoms. The Hall–Kier alpha value is -0.650. The number of aliphatic imine (C=N–C) groups is 1. The van der Waals surface area contributed by atoms with E-state index < -0.39 is 0 Å². The van der Waals surface area contributed by atoms with Gasteiger partial charge in [0.05, 0.1) is 12.1 Å². The molecule has 3 saturated heterocycles. The number of methoxy groups -OCH3 is 1. The van der Waals surface area contributed by atoms with E-state index in [1.807, 2.05) is 7.05 Å². The lowest BCUT2D eigenvalue weighted by molar-refractivity contribution is -0.132. The molecule has 0 radical (unpaired) electrons. The van der Waals surface area contributed by atoms with E-state index in [2.05, 4.69) is 25.0 Å². The highest BCUT2D eigenvalue weighted by Crippen LogP contribution is 2.23. The second-order valence-corrected chi connectivity index (χ2v) is 8.46. The Bertz CT molecular complexity index is 541. The highest BCUT2D eigenvalue weighted by Gasteiger charge is 2.33. The molecule has 1 amide bonds. The molecular weight excluding hydrogens is 497 g/mol. The van der Waals surface area contributed by atoms with Crippen LogP contribution in [0.4, 0.5) is 0 Å². The number of rotatable bonds is 5. The molecule has 3 heterocycles. The quantitative estimate of drug-likeness (QED) is 0.325. The van der Waals surface area contributed by atoms with Crippen molar-refractivity contribution in [1.29, 1.82) is 0 Å². The molecule has 0 bridgehead atoms. The molecule has 3 rings (SSSR count). The third-order valence-electron chi connectivity index (χ3n) is 6.61. The van der Waals surface area contributed by atoms with Gasteiger partial charge in [-0.1, -0.05) is 12.8 Å². The van der Waals surface area contributed by atoms with Crippen LogP contribution < -0.4 is 5.32 Å². The second-order valence-electron chi connectivity index (χ2n) is 8.46. The SMILES string of the molecule is CN=C(NCC1(OC)CCOCC1)N1CCN(CC(=O)N2CCCCCC2)CC1.I. The van der Waals surface area contributed by atoms with E-state index in [0.29, 0.717) is 12.5 Å². The van der Waals surface area contributed by atoms with Gasteiger partial charge in [-0.25, -0.2) is 0 Å². The molecule has 0 aromatic carbocycles. The summed E-state index contributed by atoms with van der Waals surface area (Å²) in [7, 11) is 3.62. The van der Waals surface area contributed by atoms with Gasteiger partial charge in [0.25, 0.3) is 0 Å². The Morgan fingerprint density at radius 1 is 1.00 bits per heavy atom. The third-order valence-corrected chi connectivity index (χ3v) is 6.61. The number of ether oxygens (including phenoxy) is 2. The molecule has 8 nitrogen and oxygen atoms in total. The highest BCUT2D eigenvalue weighted by molar-refractivity contribution is 14.0. The predicted octanol–water partition coefficient (Wildman–Crippen LogP) is 1.40. The van der Waals surface area contributed by atoms with Crippen molar-refractivity contribution in [2.45, 2.75) is 44.1 Å². The van der Waals surface area contributed by atoms with Crippen LogP contribution >= 0.6 is 24.0 Å². The van der Waals surface area contributed by atoms with Gasteiger partial charge in [0.15, 0.2) is 5.96 Å². The molecule has 0 aromatic heterocycles. The van der Waals surface area contributed by atoms with Crippen molar-refractivity contribution in [1.82, 2.24) is 20.0 Å². The van der Waals surface area contributed by atoms with Crippen molar-refractivity contribution < 1.29 is 14.3 Å². The maximum absolute atomic E-state index is 12.6. The number of hydrogen-bond acceptors (Lipinski definition) is 5. The Morgan fingerprint density at radius 2 is 1.63 bits per heavy atom. The first-order chi connectivity index (χ1) is 14.2. The number of carbonyl (C=O) groups is 1. The standard InChI is InChI=1S/C21H39N5O3.HI/c1-22-20(23-18-21(28-2)7-15-29-16-8-21)26-13-11-24(12-14-26)17-19(27)25-9-5-3-4-6-10-25;/h3-18H2,1-2H3,(H,22,23);1H. The largest absolute Gasteiger partial charge is 0.381 e. The molecule has 0 atom stereocenters. The van der Waals surface area contributed by atoms with E-state index >= 15 is 0 Å². The van der Waals surface area contributed by atoms with Gasteiger partial charge in [-0.3, -0.25) is 14.7 Å². The Kier molecular flexibility index (Phi) is 11.1. The van der Waals surface area contributed by atoms with E-state index in [9.17, 15) is 4.79 Å².